The topological polar surface area (TPSA) is 18.5 Å². The summed E-state index contributed by atoms with van der Waals surface area (Å²) in [6, 6.07) is 9.19. The molecule has 0 aromatic heterocycles. The van der Waals surface area contributed by atoms with E-state index >= 15 is 0 Å². The van der Waals surface area contributed by atoms with Crippen LogP contribution >= 0.6 is 7.26 Å². The van der Waals surface area contributed by atoms with Crippen LogP contribution in [-0.2, 0) is 9.47 Å². The molecule has 0 saturated carbocycles. The first-order chi connectivity index (χ1) is 19.0. The summed E-state index contributed by atoms with van der Waals surface area (Å²) in [7, 11) is -0.907. The fourth-order valence-electron chi connectivity index (χ4n) is 4.94. The summed E-state index contributed by atoms with van der Waals surface area (Å²) < 4.78 is 12.4. The molecule has 0 fully saturated rings. The van der Waals surface area contributed by atoms with Gasteiger partial charge in [-0.3, -0.25) is 0 Å². The van der Waals surface area contributed by atoms with E-state index in [4.69, 9.17) is 9.47 Å². The van der Waals surface area contributed by atoms with Gasteiger partial charge in [0.05, 0.1) is 25.3 Å². The van der Waals surface area contributed by atoms with Gasteiger partial charge < -0.3 is 9.47 Å². The van der Waals surface area contributed by atoms with Crippen LogP contribution in [0, 0.1) is 0 Å². The molecule has 0 amide bonds. The third kappa shape index (κ3) is 21.7. The molecule has 0 aliphatic rings. The van der Waals surface area contributed by atoms with Crippen molar-refractivity contribution in [2.24, 2.45) is 0 Å². The van der Waals surface area contributed by atoms with E-state index < -0.39 is 7.26 Å². The largest absolute Gasteiger partial charge is 0.353 e. The minimum atomic E-state index is -0.907. The smallest absolute Gasteiger partial charge is 0.157 e. The van der Waals surface area contributed by atoms with E-state index in [-0.39, 0.29) is 6.29 Å². The maximum absolute atomic E-state index is 6.20. The second-order valence-electron chi connectivity index (χ2n) is 12.4. The van der Waals surface area contributed by atoms with Gasteiger partial charge in [-0.1, -0.05) is 128 Å². The normalized spacial score (nSPS) is 12.3. The lowest BCUT2D eigenvalue weighted by molar-refractivity contribution is -0.148. The van der Waals surface area contributed by atoms with Crippen LogP contribution < -0.4 is 5.30 Å². The molecule has 3 heteroatoms. The summed E-state index contributed by atoms with van der Waals surface area (Å²) in [6.45, 7) is 13.4. The van der Waals surface area contributed by atoms with Crippen LogP contribution in [0.4, 0.5) is 0 Å². The molecule has 0 atom stereocenters. The fourth-order valence-corrected chi connectivity index (χ4v) is 5.98. The van der Waals surface area contributed by atoms with Crippen molar-refractivity contribution in [3.05, 3.63) is 35.9 Å². The van der Waals surface area contributed by atoms with E-state index in [2.05, 4.69) is 70.3 Å². The van der Waals surface area contributed by atoms with E-state index in [1.54, 1.807) is 0 Å². The molecule has 0 heterocycles. The van der Waals surface area contributed by atoms with Crippen LogP contribution in [0.5, 0.6) is 0 Å². The lowest BCUT2D eigenvalue weighted by Crippen LogP contribution is -2.19. The molecule has 0 radical (unpaired) electrons. The second kappa shape index (κ2) is 25.1. The van der Waals surface area contributed by atoms with Gasteiger partial charge in [0.15, 0.2) is 6.29 Å². The zero-order chi connectivity index (χ0) is 28.4. The van der Waals surface area contributed by atoms with Crippen molar-refractivity contribution < 1.29 is 9.47 Å². The van der Waals surface area contributed by atoms with Crippen molar-refractivity contribution in [3.8, 4) is 0 Å². The quantitative estimate of drug-likeness (QED) is 0.0604. The molecule has 2 nitrogen and oxygen atoms in total. The average Bonchev–Trinajstić information content (AvgIpc) is 2.92. The van der Waals surface area contributed by atoms with Crippen molar-refractivity contribution >= 4 is 18.6 Å². The SMILES string of the molecule is CCCCCCCCOC(CCCCCCCCC=Cc1ccc([P+](C)(C)C)cc1)OCCCCCCCC. The zero-order valence-electron chi connectivity index (χ0n) is 26.9. The summed E-state index contributed by atoms with van der Waals surface area (Å²) in [5.74, 6) is 0. The van der Waals surface area contributed by atoms with Crippen LogP contribution in [0.15, 0.2) is 30.3 Å². The predicted molar refractivity (Wildman–Crippen MR) is 179 cm³/mol. The Kier molecular flexibility index (Phi) is 23.3. The van der Waals surface area contributed by atoms with Gasteiger partial charge in [-0.25, -0.2) is 0 Å². The van der Waals surface area contributed by atoms with E-state index in [0.717, 1.165) is 19.6 Å². The molecule has 1 aromatic rings. The molecule has 0 aliphatic carbocycles. The second-order valence-corrected chi connectivity index (χ2v) is 17.0. The van der Waals surface area contributed by atoms with Crippen molar-refractivity contribution in [1.29, 1.82) is 0 Å². The predicted octanol–water partition coefficient (Wildman–Crippen LogP) is 11.4. The molecular formula is C36H66O2P+. The number of ether oxygens (including phenoxy) is 2. The molecule has 226 valence electrons. The van der Waals surface area contributed by atoms with E-state index in [1.165, 1.54) is 133 Å². The minimum absolute atomic E-state index is 0.0146. The first-order valence-electron chi connectivity index (χ1n) is 16.8. The number of rotatable bonds is 27. The van der Waals surface area contributed by atoms with Gasteiger partial charge in [0.25, 0.3) is 0 Å². The van der Waals surface area contributed by atoms with Crippen molar-refractivity contribution in [2.45, 2.75) is 149 Å². The Bertz CT molecular complexity index is 658. The molecule has 1 rings (SSSR count). The highest BCUT2D eigenvalue weighted by Crippen LogP contribution is 2.44. The molecule has 0 saturated heterocycles. The molecule has 0 bridgehead atoms. The molecule has 0 aliphatic heterocycles. The summed E-state index contributed by atoms with van der Waals surface area (Å²) in [5, 5.41) is 1.51. The third-order valence-corrected chi connectivity index (χ3v) is 9.49. The van der Waals surface area contributed by atoms with Crippen molar-refractivity contribution in [1.82, 2.24) is 0 Å². The highest BCUT2D eigenvalue weighted by molar-refractivity contribution is 7.80. The molecular weight excluding hydrogens is 495 g/mol. The molecule has 0 spiro atoms. The molecule has 1 aromatic carbocycles. The highest BCUT2D eigenvalue weighted by Gasteiger charge is 2.20. The van der Waals surface area contributed by atoms with Gasteiger partial charge in [-0.2, -0.15) is 0 Å². The Hall–Kier alpha value is -0.690. The molecule has 0 N–H and O–H groups in total. The van der Waals surface area contributed by atoms with Gasteiger partial charge in [-0.15, -0.1) is 0 Å². The van der Waals surface area contributed by atoms with E-state index in [0.29, 0.717) is 0 Å². The Morgan fingerprint density at radius 2 is 1.05 bits per heavy atom. The number of hydrogen-bond acceptors (Lipinski definition) is 2. The number of unbranched alkanes of at least 4 members (excludes halogenated alkanes) is 16. The number of hydrogen-bond donors (Lipinski definition) is 0. The summed E-state index contributed by atoms with van der Waals surface area (Å²) in [5.41, 5.74) is 1.33. The highest BCUT2D eigenvalue weighted by atomic mass is 31.2. The standard InChI is InChI=1S/C36H66O2P/c1-6-8-10-12-20-24-32-37-36(38-33-25-21-13-11-9-7-2)27-23-19-17-15-14-16-18-22-26-34-28-30-35(31-29-34)39(3,4)5/h22,26,28-31,36H,6-21,23-25,27,32-33H2,1-5H3/q+1. The van der Waals surface area contributed by atoms with Crippen molar-refractivity contribution in [3.63, 3.8) is 0 Å². The summed E-state index contributed by atoms with van der Waals surface area (Å²) >= 11 is 0. The summed E-state index contributed by atoms with van der Waals surface area (Å²) in [6.07, 6.45) is 30.5. The lowest BCUT2D eigenvalue weighted by Gasteiger charge is -2.19. The van der Waals surface area contributed by atoms with Crippen LogP contribution in [0.1, 0.15) is 148 Å². The summed E-state index contributed by atoms with van der Waals surface area (Å²) in [4.78, 5) is 0. The average molecular weight is 562 g/mol. The molecule has 0 unspecified atom stereocenters. The van der Waals surface area contributed by atoms with Crippen LogP contribution in [0.3, 0.4) is 0 Å². The first-order valence-corrected chi connectivity index (χ1v) is 19.9. The van der Waals surface area contributed by atoms with Gasteiger partial charge in [0.2, 0.25) is 0 Å². The van der Waals surface area contributed by atoms with Crippen LogP contribution in [0.25, 0.3) is 6.08 Å². The number of benzene rings is 1. The van der Waals surface area contributed by atoms with Gasteiger partial charge in [0, 0.05) is 20.5 Å². The maximum atomic E-state index is 6.20. The molecule has 39 heavy (non-hydrogen) atoms. The lowest BCUT2D eigenvalue weighted by atomic mass is 10.1. The fraction of sp³-hybridized carbons (Fsp3) is 0.778. The zero-order valence-corrected chi connectivity index (χ0v) is 27.8. The van der Waals surface area contributed by atoms with Crippen LogP contribution in [-0.4, -0.2) is 39.5 Å². The van der Waals surface area contributed by atoms with E-state index in [9.17, 15) is 0 Å². The van der Waals surface area contributed by atoms with Crippen LogP contribution in [0.2, 0.25) is 0 Å². The Balaban J connectivity index is 2.14. The monoisotopic (exact) mass is 561 g/mol. The third-order valence-electron chi connectivity index (χ3n) is 7.64. The Morgan fingerprint density at radius 1 is 0.590 bits per heavy atom. The maximum Gasteiger partial charge on any atom is 0.157 e. The Morgan fingerprint density at radius 3 is 1.56 bits per heavy atom. The van der Waals surface area contributed by atoms with Gasteiger partial charge in [0.1, 0.15) is 0 Å². The first kappa shape index (κ1) is 36.3. The van der Waals surface area contributed by atoms with Gasteiger partial charge in [-0.05, 0) is 56.2 Å². The van der Waals surface area contributed by atoms with Crippen molar-refractivity contribution in [2.75, 3.05) is 33.2 Å². The van der Waals surface area contributed by atoms with Gasteiger partial charge >= 0.3 is 0 Å². The number of allylic oxidation sites excluding steroid dienone is 1. The Labute approximate surface area is 245 Å². The van der Waals surface area contributed by atoms with E-state index in [1.807, 2.05) is 0 Å². The minimum Gasteiger partial charge on any atom is -0.353 e.